The predicted octanol–water partition coefficient (Wildman–Crippen LogP) is 2.00. The van der Waals surface area contributed by atoms with Crippen LogP contribution in [-0.2, 0) is 24.2 Å². The second-order valence-electron chi connectivity index (χ2n) is 5.46. The maximum Gasteiger partial charge on any atom is 0.411 e. The first-order chi connectivity index (χ1) is 12.7. The minimum absolute atomic E-state index is 0. The maximum atomic E-state index is 11.2. The number of carbonyl (C=O) groups excluding carboxylic acids is 1. The van der Waals surface area contributed by atoms with Crippen molar-refractivity contribution in [2.45, 2.75) is 26.4 Å². The Bertz CT molecular complexity index is 731. The number of ether oxygens (including phenoxy) is 1. The Kier molecular flexibility index (Phi) is 10.2. The van der Waals surface area contributed by atoms with Crippen molar-refractivity contribution in [1.29, 1.82) is 0 Å². The molecule has 0 saturated heterocycles. The number of amides is 1. The fourth-order valence-electron chi connectivity index (χ4n) is 2.32. The molecule has 0 atom stereocenters. The molecule has 0 spiro atoms. The quantitative estimate of drug-likeness (QED) is 0.314. The molecule has 0 bridgehead atoms. The number of carbonyl (C=O) groups is 1. The van der Waals surface area contributed by atoms with Gasteiger partial charge in [0.05, 0.1) is 7.11 Å². The van der Waals surface area contributed by atoms with Crippen LogP contribution in [0.4, 0.5) is 10.5 Å². The van der Waals surface area contributed by atoms with Crippen LogP contribution in [0.25, 0.3) is 0 Å². The Morgan fingerprint density at radius 1 is 1.26 bits per heavy atom. The lowest BCUT2D eigenvalue weighted by atomic mass is 10.2. The number of anilines is 1. The second kappa shape index (κ2) is 12.1. The third-order valence-corrected chi connectivity index (χ3v) is 3.73. The highest BCUT2D eigenvalue weighted by Crippen LogP contribution is 2.09. The zero-order chi connectivity index (χ0) is 18.8. The van der Waals surface area contributed by atoms with Crippen molar-refractivity contribution < 1.29 is 9.53 Å². The van der Waals surface area contributed by atoms with Crippen LogP contribution in [0.1, 0.15) is 18.3 Å². The molecule has 0 aliphatic rings. The van der Waals surface area contributed by atoms with Gasteiger partial charge in [-0.3, -0.25) is 10.3 Å². The molecule has 10 heteroatoms. The van der Waals surface area contributed by atoms with Crippen LogP contribution in [0.3, 0.4) is 0 Å². The summed E-state index contributed by atoms with van der Waals surface area (Å²) in [6, 6.07) is 7.50. The largest absolute Gasteiger partial charge is 0.453 e. The second-order valence-corrected chi connectivity index (χ2v) is 5.46. The van der Waals surface area contributed by atoms with E-state index in [1.807, 2.05) is 28.8 Å². The van der Waals surface area contributed by atoms with Gasteiger partial charge in [0.1, 0.15) is 12.2 Å². The molecule has 0 radical (unpaired) electrons. The molecule has 1 amide bonds. The summed E-state index contributed by atoms with van der Waals surface area (Å²) in [6.07, 6.45) is 2.11. The van der Waals surface area contributed by atoms with Crippen molar-refractivity contribution >= 4 is 41.7 Å². The molecule has 27 heavy (non-hydrogen) atoms. The maximum absolute atomic E-state index is 11.2. The zero-order valence-corrected chi connectivity index (χ0v) is 18.1. The van der Waals surface area contributed by atoms with E-state index in [0.717, 1.165) is 24.4 Å². The van der Waals surface area contributed by atoms with E-state index >= 15 is 0 Å². The van der Waals surface area contributed by atoms with Gasteiger partial charge in [-0.2, -0.15) is 0 Å². The number of rotatable bonds is 7. The summed E-state index contributed by atoms with van der Waals surface area (Å²) in [7, 11) is 3.06. The number of guanidine groups is 1. The van der Waals surface area contributed by atoms with Crippen molar-refractivity contribution in [3.63, 3.8) is 0 Å². The van der Waals surface area contributed by atoms with E-state index in [-0.39, 0.29) is 24.0 Å². The van der Waals surface area contributed by atoms with Crippen molar-refractivity contribution in [2.24, 2.45) is 4.99 Å². The Labute approximate surface area is 176 Å². The number of halogens is 1. The highest BCUT2D eigenvalue weighted by Gasteiger charge is 2.03. The van der Waals surface area contributed by atoms with E-state index in [0.29, 0.717) is 24.7 Å². The number of aryl methyl sites for hydroxylation is 1. The van der Waals surface area contributed by atoms with Gasteiger partial charge in [-0.05, 0) is 17.7 Å². The zero-order valence-electron chi connectivity index (χ0n) is 15.7. The summed E-state index contributed by atoms with van der Waals surface area (Å²) in [5, 5.41) is 17.1. The predicted molar refractivity (Wildman–Crippen MR) is 115 cm³/mol. The van der Waals surface area contributed by atoms with Crippen molar-refractivity contribution in [1.82, 2.24) is 25.4 Å². The fourth-order valence-corrected chi connectivity index (χ4v) is 2.32. The average Bonchev–Trinajstić information content (AvgIpc) is 3.13. The van der Waals surface area contributed by atoms with Gasteiger partial charge in [-0.15, -0.1) is 34.2 Å². The molecule has 3 N–H and O–H groups in total. The minimum atomic E-state index is -0.486. The Morgan fingerprint density at radius 2 is 2.00 bits per heavy atom. The van der Waals surface area contributed by atoms with Crippen LogP contribution in [0.15, 0.2) is 35.6 Å². The lowest BCUT2D eigenvalue weighted by molar-refractivity contribution is 0.187. The van der Waals surface area contributed by atoms with Crippen molar-refractivity contribution in [3.05, 3.63) is 42.0 Å². The van der Waals surface area contributed by atoms with E-state index in [9.17, 15) is 4.79 Å². The van der Waals surface area contributed by atoms with Crippen LogP contribution in [-0.4, -0.2) is 47.5 Å². The molecule has 0 fully saturated rings. The molecule has 1 aromatic carbocycles. The summed E-state index contributed by atoms with van der Waals surface area (Å²) in [6.45, 7) is 4.16. The van der Waals surface area contributed by atoms with Gasteiger partial charge in [0, 0.05) is 38.8 Å². The van der Waals surface area contributed by atoms with E-state index in [4.69, 9.17) is 0 Å². The van der Waals surface area contributed by atoms with Gasteiger partial charge in [0.25, 0.3) is 0 Å². The molecular weight excluding hydrogens is 461 g/mol. The van der Waals surface area contributed by atoms with Gasteiger partial charge < -0.3 is 19.9 Å². The summed E-state index contributed by atoms with van der Waals surface area (Å²) in [5.74, 6) is 1.68. The van der Waals surface area contributed by atoms with Crippen molar-refractivity contribution in [2.75, 3.05) is 26.0 Å². The van der Waals surface area contributed by atoms with Gasteiger partial charge in [-0.25, -0.2) is 4.79 Å². The number of aromatic nitrogens is 3. The molecule has 9 nitrogen and oxygen atoms in total. The van der Waals surface area contributed by atoms with Gasteiger partial charge in [-0.1, -0.05) is 19.1 Å². The summed E-state index contributed by atoms with van der Waals surface area (Å²) < 4.78 is 6.58. The fraction of sp³-hybridized carbons (Fsp3) is 0.412. The normalized spacial score (nSPS) is 10.7. The molecule has 0 aliphatic carbocycles. The van der Waals surface area contributed by atoms with Gasteiger partial charge in [0.2, 0.25) is 0 Å². The number of hydrogen-bond donors (Lipinski definition) is 3. The lowest BCUT2D eigenvalue weighted by Gasteiger charge is -2.13. The first-order valence-corrected chi connectivity index (χ1v) is 8.41. The SMILES string of the molecule is CCc1nncn1CCNC(=NC)NCc1ccc(NC(=O)OC)cc1.I. The number of hydrogen-bond acceptors (Lipinski definition) is 5. The molecule has 0 aliphatic heterocycles. The van der Waals surface area contributed by atoms with Crippen LogP contribution >= 0.6 is 24.0 Å². The van der Waals surface area contributed by atoms with Crippen molar-refractivity contribution in [3.8, 4) is 0 Å². The van der Waals surface area contributed by atoms with E-state index in [2.05, 4.69) is 42.8 Å². The number of benzene rings is 1. The monoisotopic (exact) mass is 487 g/mol. The molecule has 0 unspecified atom stereocenters. The molecule has 2 aromatic rings. The first-order valence-electron chi connectivity index (χ1n) is 8.41. The molecule has 2 rings (SSSR count). The average molecular weight is 487 g/mol. The van der Waals surface area contributed by atoms with Gasteiger partial charge >= 0.3 is 6.09 Å². The Balaban J connectivity index is 0.00000364. The Morgan fingerprint density at radius 3 is 2.63 bits per heavy atom. The third kappa shape index (κ3) is 7.41. The molecule has 1 aromatic heterocycles. The number of nitrogens with one attached hydrogen (secondary N) is 3. The highest BCUT2D eigenvalue weighted by molar-refractivity contribution is 14.0. The molecular formula is C17H26IN7O2. The topological polar surface area (TPSA) is 105 Å². The minimum Gasteiger partial charge on any atom is -0.453 e. The molecule has 0 saturated carbocycles. The Hall–Kier alpha value is -2.37. The third-order valence-electron chi connectivity index (χ3n) is 3.73. The smallest absolute Gasteiger partial charge is 0.411 e. The molecule has 1 heterocycles. The number of nitrogens with zero attached hydrogens (tertiary/aromatic N) is 4. The summed E-state index contributed by atoms with van der Waals surface area (Å²) >= 11 is 0. The number of methoxy groups -OCH3 is 1. The number of aliphatic imine (C=N–C) groups is 1. The van der Waals surface area contributed by atoms with E-state index in [1.165, 1.54) is 7.11 Å². The standard InChI is InChI=1S/C17H25N7O2.HI/c1-4-15-23-21-12-24(15)10-9-19-16(18-2)20-11-13-5-7-14(8-6-13)22-17(25)26-3;/h5-8,12H,4,9-11H2,1-3H3,(H,22,25)(H2,18,19,20);1H. The summed E-state index contributed by atoms with van der Waals surface area (Å²) in [4.78, 5) is 15.4. The van der Waals surface area contributed by atoms with E-state index in [1.54, 1.807) is 13.4 Å². The van der Waals surface area contributed by atoms with Crippen LogP contribution < -0.4 is 16.0 Å². The summed E-state index contributed by atoms with van der Waals surface area (Å²) in [5.41, 5.74) is 1.75. The lowest BCUT2D eigenvalue weighted by Crippen LogP contribution is -2.38. The van der Waals surface area contributed by atoms with Gasteiger partial charge in [0.15, 0.2) is 5.96 Å². The van der Waals surface area contributed by atoms with Crippen LogP contribution in [0.5, 0.6) is 0 Å². The van der Waals surface area contributed by atoms with E-state index < -0.39 is 6.09 Å². The van der Waals surface area contributed by atoms with Crippen LogP contribution in [0, 0.1) is 0 Å². The van der Waals surface area contributed by atoms with Crippen LogP contribution in [0.2, 0.25) is 0 Å². The first kappa shape index (κ1) is 22.7. The highest BCUT2D eigenvalue weighted by atomic mass is 127. The molecule has 148 valence electrons.